The molecule has 1 aromatic carbocycles. The molecule has 0 spiro atoms. The van der Waals surface area contributed by atoms with E-state index in [4.69, 9.17) is 4.74 Å². The number of anilines is 1. The second kappa shape index (κ2) is 5.25. The van der Waals surface area contributed by atoms with E-state index >= 15 is 0 Å². The summed E-state index contributed by atoms with van der Waals surface area (Å²) in [6.07, 6.45) is 1.58. The van der Waals surface area contributed by atoms with Crippen LogP contribution < -0.4 is 10.1 Å². The fraction of sp³-hybridized carbons (Fsp3) is 0.167. The number of hydrogen-bond acceptors (Lipinski definition) is 4. The number of nitrogens with zero attached hydrogens (tertiary/aromatic N) is 2. The summed E-state index contributed by atoms with van der Waals surface area (Å²) in [5.41, 5.74) is 0.568. The van der Waals surface area contributed by atoms with Gasteiger partial charge in [0.05, 0.1) is 7.11 Å². The lowest BCUT2D eigenvalue weighted by atomic mass is 10.2. The molecular weight excluding hydrogens is 221 g/mol. The van der Waals surface area contributed by atoms with Crippen LogP contribution in [0.4, 0.5) is 10.3 Å². The van der Waals surface area contributed by atoms with Gasteiger partial charge in [-0.1, -0.05) is 18.2 Å². The average molecular weight is 233 g/mol. The van der Waals surface area contributed by atoms with E-state index in [1.807, 2.05) is 0 Å². The Kier molecular flexibility index (Phi) is 3.49. The molecule has 0 saturated heterocycles. The summed E-state index contributed by atoms with van der Waals surface area (Å²) in [4.78, 5) is 8.08. The van der Waals surface area contributed by atoms with Crippen LogP contribution in [0, 0.1) is 5.82 Å². The quantitative estimate of drug-likeness (QED) is 0.879. The van der Waals surface area contributed by atoms with Crippen molar-refractivity contribution in [1.29, 1.82) is 0 Å². The van der Waals surface area contributed by atoms with Crippen LogP contribution in [0.2, 0.25) is 0 Å². The Morgan fingerprint density at radius 3 is 2.88 bits per heavy atom. The van der Waals surface area contributed by atoms with Crippen molar-refractivity contribution >= 4 is 5.95 Å². The lowest BCUT2D eigenvalue weighted by molar-refractivity contribution is 0.397. The van der Waals surface area contributed by atoms with Crippen molar-refractivity contribution in [3.63, 3.8) is 0 Å². The topological polar surface area (TPSA) is 47.0 Å². The summed E-state index contributed by atoms with van der Waals surface area (Å²) in [5.74, 6) is 0.631. The van der Waals surface area contributed by atoms with Gasteiger partial charge in [0.1, 0.15) is 5.82 Å². The van der Waals surface area contributed by atoms with E-state index in [9.17, 15) is 4.39 Å². The van der Waals surface area contributed by atoms with Crippen molar-refractivity contribution in [2.24, 2.45) is 0 Å². The molecule has 88 valence electrons. The highest BCUT2D eigenvalue weighted by Gasteiger charge is 2.02. The van der Waals surface area contributed by atoms with Gasteiger partial charge in [-0.25, -0.2) is 9.37 Å². The van der Waals surface area contributed by atoms with Crippen LogP contribution in [0.5, 0.6) is 5.88 Å². The van der Waals surface area contributed by atoms with E-state index in [1.165, 1.54) is 13.2 Å². The van der Waals surface area contributed by atoms with Crippen LogP contribution >= 0.6 is 0 Å². The Morgan fingerprint density at radius 2 is 2.12 bits per heavy atom. The van der Waals surface area contributed by atoms with Gasteiger partial charge in [-0.05, 0) is 6.07 Å². The van der Waals surface area contributed by atoms with E-state index in [2.05, 4.69) is 15.3 Å². The van der Waals surface area contributed by atoms with Gasteiger partial charge in [-0.15, -0.1) is 0 Å². The molecule has 0 fully saturated rings. The highest BCUT2D eigenvalue weighted by Crippen LogP contribution is 2.10. The number of nitrogens with one attached hydrogen (secondary N) is 1. The van der Waals surface area contributed by atoms with Crippen molar-refractivity contribution in [1.82, 2.24) is 9.97 Å². The number of aromatic nitrogens is 2. The van der Waals surface area contributed by atoms with E-state index < -0.39 is 0 Å². The monoisotopic (exact) mass is 233 g/mol. The predicted octanol–water partition coefficient (Wildman–Crippen LogP) is 2.24. The number of methoxy groups -OCH3 is 1. The fourth-order valence-electron chi connectivity index (χ4n) is 1.36. The first-order valence-electron chi connectivity index (χ1n) is 5.14. The van der Waals surface area contributed by atoms with Crippen molar-refractivity contribution in [2.75, 3.05) is 12.4 Å². The Bertz CT molecular complexity index is 505. The first kappa shape index (κ1) is 11.3. The summed E-state index contributed by atoms with van der Waals surface area (Å²) >= 11 is 0. The molecule has 0 atom stereocenters. The molecule has 17 heavy (non-hydrogen) atoms. The number of hydrogen-bond donors (Lipinski definition) is 1. The highest BCUT2D eigenvalue weighted by atomic mass is 19.1. The molecule has 1 N–H and O–H groups in total. The van der Waals surface area contributed by atoms with Gasteiger partial charge in [-0.2, -0.15) is 4.98 Å². The number of halogens is 1. The second-order valence-corrected chi connectivity index (χ2v) is 3.37. The van der Waals surface area contributed by atoms with E-state index in [0.717, 1.165) is 0 Å². The zero-order valence-electron chi connectivity index (χ0n) is 9.35. The summed E-state index contributed by atoms with van der Waals surface area (Å²) in [6, 6.07) is 8.22. The first-order chi connectivity index (χ1) is 8.29. The largest absolute Gasteiger partial charge is 0.481 e. The normalized spacial score (nSPS) is 10.0. The molecule has 0 radical (unpaired) electrons. The highest BCUT2D eigenvalue weighted by molar-refractivity contribution is 5.30. The van der Waals surface area contributed by atoms with Crippen molar-refractivity contribution in [2.45, 2.75) is 6.54 Å². The smallest absolute Gasteiger partial charge is 0.226 e. The summed E-state index contributed by atoms with van der Waals surface area (Å²) in [6.45, 7) is 0.333. The molecule has 0 unspecified atom stereocenters. The van der Waals surface area contributed by atoms with Crippen LogP contribution in [-0.4, -0.2) is 17.1 Å². The minimum absolute atomic E-state index is 0.247. The molecular formula is C12H12FN3O. The molecule has 1 heterocycles. The van der Waals surface area contributed by atoms with Gasteiger partial charge in [-0.3, -0.25) is 0 Å². The van der Waals surface area contributed by atoms with Crippen LogP contribution in [0.3, 0.4) is 0 Å². The second-order valence-electron chi connectivity index (χ2n) is 3.37. The molecule has 0 aliphatic rings. The maximum absolute atomic E-state index is 13.3. The van der Waals surface area contributed by atoms with Crippen molar-refractivity contribution in [3.05, 3.63) is 47.9 Å². The molecule has 4 nitrogen and oxygen atoms in total. The van der Waals surface area contributed by atoms with Gasteiger partial charge >= 0.3 is 0 Å². The van der Waals surface area contributed by atoms with Crippen molar-refractivity contribution in [3.8, 4) is 5.88 Å². The third-order valence-corrected chi connectivity index (χ3v) is 2.23. The molecule has 2 aromatic rings. The predicted molar refractivity (Wildman–Crippen MR) is 62.3 cm³/mol. The third-order valence-electron chi connectivity index (χ3n) is 2.23. The van der Waals surface area contributed by atoms with Gasteiger partial charge < -0.3 is 10.1 Å². The zero-order valence-corrected chi connectivity index (χ0v) is 9.35. The maximum atomic E-state index is 13.3. The molecule has 1 aromatic heterocycles. The minimum Gasteiger partial charge on any atom is -0.481 e. The molecule has 0 amide bonds. The number of benzene rings is 1. The SMILES string of the molecule is COc1ccnc(NCc2ccccc2F)n1. The first-order valence-corrected chi connectivity index (χ1v) is 5.14. The number of rotatable bonds is 4. The average Bonchev–Trinajstić information content (AvgIpc) is 2.38. The molecule has 0 aliphatic heterocycles. The van der Waals surface area contributed by atoms with Crippen LogP contribution in [-0.2, 0) is 6.54 Å². The summed E-state index contributed by atoms with van der Waals surface area (Å²) in [7, 11) is 1.53. The maximum Gasteiger partial charge on any atom is 0.226 e. The molecule has 5 heteroatoms. The van der Waals surface area contributed by atoms with Gasteiger partial charge in [0.2, 0.25) is 11.8 Å². The molecule has 0 aliphatic carbocycles. The van der Waals surface area contributed by atoms with E-state index in [-0.39, 0.29) is 5.82 Å². The van der Waals surface area contributed by atoms with E-state index in [0.29, 0.717) is 23.9 Å². The third kappa shape index (κ3) is 2.90. The Labute approximate surface area is 98.5 Å². The zero-order chi connectivity index (χ0) is 12.1. The van der Waals surface area contributed by atoms with Gasteiger partial charge in [0.25, 0.3) is 0 Å². The lowest BCUT2D eigenvalue weighted by Gasteiger charge is -2.06. The van der Waals surface area contributed by atoms with E-state index in [1.54, 1.807) is 30.5 Å². The number of ether oxygens (including phenoxy) is 1. The summed E-state index contributed by atoms with van der Waals surface area (Å²) in [5, 5.41) is 2.93. The molecule has 2 rings (SSSR count). The van der Waals surface area contributed by atoms with Crippen LogP contribution in [0.1, 0.15) is 5.56 Å². The van der Waals surface area contributed by atoms with Crippen LogP contribution in [0.25, 0.3) is 0 Å². The molecule has 0 saturated carbocycles. The lowest BCUT2D eigenvalue weighted by Crippen LogP contribution is -2.05. The van der Waals surface area contributed by atoms with Crippen LogP contribution in [0.15, 0.2) is 36.5 Å². The van der Waals surface area contributed by atoms with Gasteiger partial charge in [0.15, 0.2) is 0 Å². The Hall–Kier alpha value is -2.17. The van der Waals surface area contributed by atoms with Gasteiger partial charge in [0, 0.05) is 24.4 Å². The van der Waals surface area contributed by atoms with Crippen molar-refractivity contribution < 1.29 is 9.13 Å². The minimum atomic E-state index is -0.247. The Balaban J connectivity index is 2.05. The molecule has 0 bridgehead atoms. The standard InChI is InChI=1S/C12H12FN3O/c1-17-11-6-7-14-12(16-11)15-8-9-4-2-3-5-10(9)13/h2-7H,8H2,1H3,(H,14,15,16). The Morgan fingerprint density at radius 1 is 1.29 bits per heavy atom. The summed E-state index contributed by atoms with van der Waals surface area (Å²) < 4.78 is 18.3. The fourth-order valence-corrected chi connectivity index (χ4v) is 1.36.